The highest BCUT2D eigenvalue weighted by Gasteiger charge is 2.30. The van der Waals surface area contributed by atoms with Crippen LogP contribution in [-0.2, 0) is 4.79 Å². The Kier molecular flexibility index (Phi) is 5.00. The predicted molar refractivity (Wildman–Crippen MR) is 84.3 cm³/mol. The summed E-state index contributed by atoms with van der Waals surface area (Å²) in [5.41, 5.74) is 1.43. The van der Waals surface area contributed by atoms with Gasteiger partial charge in [-0.1, -0.05) is 40.9 Å². The van der Waals surface area contributed by atoms with E-state index in [0.717, 1.165) is 35.7 Å². The van der Waals surface area contributed by atoms with E-state index < -0.39 is 5.60 Å². The van der Waals surface area contributed by atoms with Gasteiger partial charge in [0.1, 0.15) is 0 Å². The fraction of sp³-hybridized carbons (Fsp3) is 0.438. The van der Waals surface area contributed by atoms with Crippen LogP contribution in [0.3, 0.4) is 0 Å². The van der Waals surface area contributed by atoms with Gasteiger partial charge in [-0.05, 0) is 43.0 Å². The van der Waals surface area contributed by atoms with E-state index in [-0.39, 0.29) is 5.91 Å². The number of carbonyl (C=O) groups excluding carboxylic acids is 1. The molecular formula is C16H20BrNO2. The molecule has 1 aliphatic carbocycles. The zero-order valence-corrected chi connectivity index (χ0v) is 13.2. The Hall–Kier alpha value is -1.13. The van der Waals surface area contributed by atoms with Crippen LogP contribution in [0.2, 0.25) is 0 Å². The molecule has 0 aliphatic heterocycles. The summed E-state index contributed by atoms with van der Waals surface area (Å²) in [7, 11) is 0. The molecule has 4 heteroatoms. The monoisotopic (exact) mass is 337 g/mol. The summed E-state index contributed by atoms with van der Waals surface area (Å²) in [6, 6.07) is 5.98. The number of amides is 1. The lowest BCUT2D eigenvalue weighted by Crippen LogP contribution is -2.40. The Balaban J connectivity index is 1.89. The fourth-order valence-electron chi connectivity index (χ4n) is 2.45. The smallest absolute Gasteiger partial charge is 0.244 e. The molecule has 1 aromatic rings. The normalized spacial score (nSPS) is 17.6. The third-order valence-electron chi connectivity index (χ3n) is 3.70. The average molecular weight is 338 g/mol. The van der Waals surface area contributed by atoms with Crippen molar-refractivity contribution in [3.8, 4) is 0 Å². The summed E-state index contributed by atoms with van der Waals surface area (Å²) >= 11 is 3.48. The van der Waals surface area contributed by atoms with Gasteiger partial charge >= 0.3 is 0 Å². The summed E-state index contributed by atoms with van der Waals surface area (Å²) in [5, 5.41) is 12.9. The lowest BCUT2D eigenvalue weighted by atomic mass is 10.0. The molecule has 1 fully saturated rings. The van der Waals surface area contributed by atoms with Crippen molar-refractivity contribution in [3.05, 3.63) is 39.9 Å². The van der Waals surface area contributed by atoms with Crippen LogP contribution in [-0.4, -0.2) is 23.2 Å². The third kappa shape index (κ3) is 4.18. The Bertz CT molecular complexity index is 519. The number of halogens is 1. The maximum absolute atomic E-state index is 11.8. The van der Waals surface area contributed by atoms with Gasteiger partial charge in [-0.15, -0.1) is 0 Å². The molecule has 0 spiro atoms. The lowest BCUT2D eigenvalue weighted by molar-refractivity contribution is -0.117. The Labute approximate surface area is 128 Å². The maximum Gasteiger partial charge on any atom is 0.244 e. The lowest BCUT2D eigenvalue weighted by Gasteiger charge is -2.21. The van der Waals surface area contributed by atoms with E-state index in [9.17, 15) is 9.90 Å². The summed E-state index contributed by atoms with van der Waals surface area (Å²) in [6.07, 6.45) is 6.92. The molecule has 2 N–H and O–H groups in total. The van der Waals surface area contributed by atoms with Crippen molar-refractivity contribution in [2.75, 3.05) is 6.54 Å². The van der Waals surface area contributed by atoms with E-state index in [1.807, 2.05) is 25.1 Å². The maximum atomic E-state index is 11.8. The molecule has 0 saturated heterocycles. The molecule has 3 nitrogen and oxygen atoms in total. The van der Waals surface area contributed by atoms with E-state index in [4.69, 9.17) is 0 Å². The van der Waals surface area contributed by atoms with Gasteiger partial charge in [-0.2, -0.15) is 0 Å². The zero-order chi connectivity index (χ0) is 14.6. The van der Waals surface area contributed by atoms with Gasteiger partial charge in [-0.25, -0.2) is 0 Å². The second kappa shape index (κ2) is 6.55. The van der Waals surface area contributed by atoms with Crippen molar-refractivity contribution in [3.63, 3.8) is 0 Å². The summed E-state index contributed by atoms with van der Waals surface area (Å²) in [4.78, 5) is 11.8. The van der Waals surface area contributed by atoms with Crippen molar-refractivity contribution < 1.29 is 9.90 Å². The van der Waals surface area contributed by atoms with E-state index in [0.29, 0.717) is 6.54 Å². The van der Waals surface area contributed by atoms with Crippen molar-refractivity contribution in [2.45, 2.75) is 38.2 Å². The summed E-state index contributed by atoms with van der Waals surface area (Å²) < 4.78 is 0.968. The largest absolute Gasteiger partial charge is 0.388 e. The number of aryl methyl sites for hydroxylation is 1. The van der Waals surface area contributed by atoms with Gasteiger partial charge in [0.15, 0.2) is 0 Å². The van der Waals surface area contributed by atoms with Crippen LogP contribution in [0.5, 0.6) is 0 Å². The first-order chi connectivity index (χ1) is 9.48. The van der Waals surface area contributed by atoms with Crippen molar-refractivity contribution in [2.24, 2.45) is 0 Å². The zero-order valence-electron chi connectivity index (χ0n) is 11.7. The van der Waals surface area contributed by atoms with E-state index in [1.54, 1.807) is 6.08 Å². The van der Waals surface area contributed by atoms with Crippen LogP contribution in [0.25, 0.3) is 6.08 Å². The molecule has 1 aromatic carbocycles. The van der Waals surface area contributed by atoms with E-state index in [1.165, 1.54) is 11.6 Å². The molecule has 0 atom stereocenters. The second-order valence-corrected chi connectivity index (χ2v) is 6.36. The molecule has 0 unspecified atom stereocenters. The van der Waals surface area contributed by atoms with Gasteiger partial charge in [-0.3, -0.25) is 4.79 Å². The van der Waals surface area contributed by atoms with Crippen molar-refractivity contribution in [1.82, 2.24) is 5.32 Å². The van der Waals surface area contributed by atoms with E-state index >= 15 is 0 Å². The molecule has 0 heterocycles. The molecule has 1 saturated carbocycles. The first-order valence-corrected chi connectivity index (χ1v) is 7.72. The van der Waals surface area contributed by atoms with Gasteiger partial charge < -0.3 is 10.4 Å². The minimum atomic E-state index is -0.700. The first-order valence-electron chi connectivity index (χ1n) is 6.93. The van der Waals surface area contributed by atoms with Crippen LogP contribution >= 0.6 is 15.9 Å². The van der Waals surface area contributed by atoms with Gasteiger partial charge in [0, 0.05) is 17.1 Å². The first kappa shape index (κ1) is 15.3. The minimum absolute atomic E-state index is 0.169. The minimum Gasteiger partial charge on any atom is -0.388 e. The summed E-state index contributed by atoms with van der Waals surface area (Å²) in [6.45, 7) is 2.36. The number of hydrogen-bond donors (Lipinski definition) is 2. The number of nitrogens with one attached hydrogen (secondary N) is 1. The molecule has 108 valence electrons. The molecule has 0 bridgehead atoms. The molecule has 20 heavy (non-hydrogen) atoms. The third-order valence-corrected chi connectivity index (χ3v) is 4.38. The van der Waals surface area contributed by atoms with Crippen LogP contribution < -0.4 is 5.32 Å². The number of carbonyl (C=O) groups is 1. The molecule has 2 rings (SSSR count). The highest BCUT2D eigenvalue weighted by atomic mass is 79.9. The molecule has 1 amide bonds. The van der Waals surface area contributed by atoms with Crippen LogP contribution in [0, 0.1) is 6.92 Å². The highest BCUT2D eigenvalue weighted by molar-refractivity contribution is 9.10. The molecule has 1 aliphatic rings. The topological polar surface area (TPSA) is 49.3 Å². The summed E-state index contributed by atoms with van der Waals surface area (Å²) in [5.74, 6) is -0.169. The Morgan fingerprint density at radius 2 is 2.15 bits per heavy atom. The van der Waals surface area contributed by atoms with E-state index in [2.05, 4.69) is 21.2 Å². The van der Waals surface area contributed by atoms with Crippen molar-refractivity contribution >= 4 is 27.9 Å². The second-order valence-electron chi connectivity index (χ2n) is 5.51. The SMILES string of the molecule is Cc1ccc(C=CC(=O)NCC2(O)CCCC2)c(Br)c1. The number of aliphatic hydroxyl groups is 1. The van der Waals surface area contributed by atoms with Gasteiger partial charge in [0.25, 0.3) is 0 Å². The quantitative estimate of drug-likeness (QED) is 0.829. The highest BCUT2D eigenvalue weighted by Crippen LogP contribution is 2.28. The van der Waals surface area contributed by atoms with Gasteiger partial charge in [0.2, 0.25) is 5.91 Å². The fourth-order valence-corrected chi connectivity index (χ4v) is 3.08. The predicted octanol–water partition coefficient (Wildman–Crippen LogP) is 3.19. The number of rotatable bonds is 4. The molecular weight excluding hydrogens is 318 g/mol. The standard InChI is InChI=1S/C16H20BrNO2/c1-12-4-5-13(14(17)10-12)6-7-15(19)18-11-16(20)8-2-3-9-16/h4-7,10,20H,2-3,8-9,11H2,1H3,(H,18,19). The van der Waals surface area contributed by atoms with Crippen LogP contribution in [0.15, 0.2) is 28.7 Å². The molecule has 0 radical (unpaired) electrons. The molecule has 0 aromatic heterocycles. The van der Waals surface area contributed by atoms with Crippen LogP contribution in [0.4, 0.5) is 0 Å². The average Bonchev–Trinajstić information content (AvgIpc) is 2.83. The van der Waals surface area contributed by atoms with Crippen LogP contribution in [0.1, 0.15) is 36.8 Å². The number of benzene rings is 1. The number of hydrogen-bond acceptors (Lipinski definition) is 2. The van der Waals surface area contributed by atoms with Gasteiger partial charge in [0.05, 0.1) is 5.60 Å². The van der Waals surface area contributed by atoms with Crippen molar-refractivity contribution in [1.29, 1.82) is 0 Å². The Morgan fingerprint density at radius 1 is 1.45 bits per heavy atom. The Morgan fingerprint density at radius 3 is 2.80 bits per heavy atom.